The Balaban J connectivity index is 1.61. The number of ether oxygens (including phenoxy) is 1. The van der Waals surface area contributed by atoms with Crippen molar-refractivity contribution in [1.29, 1.82) is 0 Å². The van der Waals surface area contributed by atoms with Gasteiger partial charge < -0.3 is 9.26 Å². The van der Waals surface area contributed by atoms with Crippen LogP contribution in [0.15, 0.2) is 53.1 Å². The van der Waals surface area contributed by atoms with Gasteiger partial charge in [0.2, 0.25) is 11.7 Å². The monoisotopic (exact) mass is 405 g/mol. The molecule has 2 aromatic carbocycles. The number of aromatic nitrogens is 2. The summed E-state index contributed by atoms with van der Waals surface area (Å²) in [7, 11) is 3.59. The number of rotatable bonds is 7. The Morgan fingerprint density at radius 1 is 1.07 bits per heavy atom. The Morgan fingerprint density at radius 2 is 1.72 bits per heavy atom. The smallest absolute Gasteiger partial charge is 0.416 e. The first-order chi connectivity index (χ1) is 13.8. The van der Waals surface area contributed by atoms with Gasteiger partial charge in [0.15, 0.2) is 0 Å². The second kappa shape index (κ2) is 8.65. The number of alkyl halides is 3. The SMILES string of the molecule is COc1ccc(CC(C)N(C)Cc2nc(-c3ccc(C(F)(F)F)cc3)no2)cc1. The summed E-state index contributed by atoms with van der Waals surface area (Å²) >= 11 is 0. The first-order valence-electron chi connectivity index (χ1n) is 9.09. The van der Waals surface area contributed by atoms with Crippen molar-refractivity contribution in [1.82, 2.24) is 15.0 Å². The molecular formula is C21H22F3N3O2. The molecule has 3 aromatic rings. The Morgan fingerprint density at radius 3 is 2.31 bits per heavy atom. The zero-order valence-corrected chi connectivity index (χ0v) is 16.4. The molecule has 0 bridgehead atoms. The van der Waals surface area contributed by atoms with Gasteiger partial charge in [-0.15, -0.1) is 0 Å². The van der Waals surface area contributed by atoms with E-state index < -0.39 is 11.7 Å². The molecule has 0 radical (unpaired) electrons. The molecule has 1 unspecified atom stereocenters. The van der Waals surface area contributed by atoms with Crippen LogP contribution in [-0.2, 0) is 19.1 Å². The summed E-state index contributed by atoms with van der Waals surface area (Å²) in [5, 5.41) is 3.89. The Labute approximate surface area is 167 Å². The van der Waals surface area contributed by atoms with Crippen molar-refractivity contribution < 1.29 is 22.4 Å². The molecule has 154 valence electrons. The molecule has 0 saturated carbocycles. The third-order valence-corrected chi connectivity index (χ3v) is 4.77. The summed E-state index contributed by atoms with van der Waals surface area (Å²) in [5.41, 5.74) is 0.945. The van der Waals surface area contributed by atoms with Crippen molar-refractivity contribution in [2.75, 3.05) is 14.2 Å². The zero-order chi connectivity index (χ0) is 21.0. The van der Waals surface area contributed by atoms with E-state index in [-0.39, 0.29) is 11.9 Å². The molecule has 0 aliphatic carbocycles. The topological polar surface area (TPSA) is 51.4 Å². The van der Waals surface area contributed by atoms with Crippen LogP contribution in [0.5, 0.6) is 5.75 Å². The second-order valence-electron chi connectivity index (χ2n) is 6.90. The Bertz CT molecular complexity index is 922. The molecule has 1 aromatic heterocycles. The summed E-state index contributed by atoms with van der Waals surface area (Å²) in [5.74, 6) is 1.49. The molecule has 5 nitrogen and oxygen atoms in total. The van der Waals surface area contributed by atoms with Gasteiger partial charge in [-0.1, -0.05) is 29.4 Å². The van der Waals surface area contributed by atoms with Gasteiger partial charge in [0.1, 0.15) is 5.75 Å². The Kier molecular flexibility index (Phi) is 6.22. The standard InChI is InChI=1S/C21H22F3N3O2/c1-14(12-15-4-10-18(28-3)11-5-15)27(2)13-19-25-20(26-29-19)16-6-8-17(9-7-16)21(22,23)24/h4-11,14H,12-13H2,1-3H3. The van der Waals surface area contributed by atoms with Gasteiger partial charge in [0, 0.05) is 11.6 Å². The predicted molar refractivity (Wildman–Crippen MR) is 102 cm³/mol. The zero-order valence-electron chi connectivity index (χ0n) is 16.4. The summed E-state index contributed by atoms with van der Waals surface area (Å²) in [6, 6.07) is 12.8. The maximum Gasteiger partial charge on any atom is 0.416 e. The molecule has 0 saturated heterocycles. The average molecular weight is 405 g/mol. The highest BCUT2D eigenvalue weighted by Crippen LogP contribution is 2.30. The van der Waals surface area contributed by atoms with Crippen LogP contribution >= 0.6 is 0 Å². The van der Waals surface area contributed by atoms with Gasteiger partial charge in [-0.2, -0.15) is 18.2 Å². The fraction of sp³-hybridized carbons (Fsp3) is 0.333. The first kappa shape index (κ1) is 20.9. The molecule has 8 heteroatoms. The molecule has 1 atom stereocenters. The maximum atomic E-state index is 12.7. The minimum absolute atomic E-state index is 0.213. The minimum atomic E-state index is -4.37. The lowest BCUT2D eigenvalue weighted by molar-refractivity contribution is -0.137. The molecule has 0 aliphatic heterocycles. The van der Waals surface area contributed by atoms with E-state index in [0.29, 0.717) is 18.0 Å². The number of likely N-dealkylation sites (N-methyl/N-ethyl adjacent to an activating group) is 1. The van der Waals surface area contributed by atoms with Crippen LogP contribution in [0.1, 0.15) is 23.9 Å². The van der Waals surface area contributed by atoms with Crippen LogP contribution < -0.4 is 4.74 Å². The molecule has 3 rings (SSSR count). The van der Waals surface area contributed by atoms with Crippen LogP contribution in [0.3, 0.4) is 0 Å². The van der Waals surface area contributed by atoms with E-state index in [0.717, 1.165) is 24.3 Å². The Hall–Kier alpha value is -2.87. The summed E-state index contributed by atoms with van der Waals surface area (Å²) in [4.78, 5) is 6.38. The van der Waals surface area contributed by atoms with Crippen LogP contribution in [0, 0.1) is 0 Å². The quantitative estimate of drug-likeness (QED) is 0.564. The number of benzene rings is 2. The normalized spacial score (nSPS) is 12.9. The fourth-order valence-corrected chi connectivity index (χ4v) is 2.87. The highest BCUT2D eigenvalue weighted by molar-refractivity contribution is 5.54. The van der Waals surface area contributed by atoms with Gasteiger partial charge >= 0.3 is 6.18 Å². The number of hydrogen-bond acceptors (Lipinski definition) is 5. The maximum absolute atomic E-state index is 12.7. The first-order valence-corrected chi connectivity index (χ1v) is 9.09. The van der Waals surface area contributed by atoms with Gasteiger partial charge in [0.05, 0.1) is 19.2 Å². The van der Waals surface area contributed by atoms with E-state index in [2.05, 4.69) is 22.0 Å². The second-order valence-corrected chi connectivity index (χ2v) is 6.90. The molecule has 0 N–H and O–H groups in total. The molecular weight excluding hydrogens is 383 g/mol. The highest BCUT2D eigenvalue weighted by Gasteiger charge is 2.30. The van der Waals surface area contributed by atoms with Gasteiger partial charge in [-0.3, -0.25) is 4.90 Å². The predicted octanol–water partition coefficient (Wildman–Crippen LogP) is 4.83. The lowest BCUT2D eigenvalue weighted by Crippen LogP contribution is -2.30. The van der Waals surface area contributed by atoms with Crippen LogP contribution in [0.25, 0.3) is 11.4 Å². The van der Waals surface area contributed by atoms with E-state index in [1.807, 2.05) is 31.3 Å². The van der Waals surface area contributed by atoms with E-state index in [1.54, 1.807) is 7.11 Å². The van der Waals surface area contributed by atoms with E-state index in [1.165, 1.54) is 17.7 Å². The van der Waals surface area contributed by atoms with Crippen molar-refractivity contribution in [2.45, 2.75) is 32.1 Å². The van der Waals surface area contributed by atoms with Crippen LogP contribution in [0.4, 0.5) is 13.2 Å². The molecule has 0 fully saturated rings. The lowest BCUT2D eigenvalue weighted by Gasteiger charge is -2.23. The molecule has 0 spiro atoms. The van der Waals surface area contributed by atoms with E-state index in [9.17, 15) is 13.2 Å². The third kappa shape index (κ3) is 5.35. The minimum Gasteiger partial charge on any atom is -0.497 e. The van der Waals surface area contributed by atoms with Crippen LogP contribution in [0.2, 0.25) is 0 Å². The summed E-state index contributed by atoms with van der Waals surface area (Å²) < 4.78 is 48.5. The van der Waals surface area contributed by atoms with Crippen molar-refractivity contribution in [2.24, 2.45) is 0 Å². The van der Waals surface area contributed by atoms with Gasteiger partial charge in [-0.25, -0.2) is 0 Å². The van der Waals surface area contributed by atoms with Crippen molar-refractivity contribution >= 4 is 0 Å². The van der Waals surface area contributed by atoms with Crippen molar-refractivity contribution in [3.05, 3.63) is 65.5 Å². The number of hydrogen-bond donors (Lipinski definition) is 0. The largest absolute Gasteiger partial charge is 0.497 e. The van der Waals surface area contributed by atoms with E-state index >= 15 is 0 Å². The van der Waals surface area contributed by atoms with Crippen molar-refractivity contribution in [3.63, 3.8) is 0 Å². The molecule has 0 amide bonds. The fourth-order valence-electron chi connectivity index (χ4n) is 2.87. The summed E-state index contributed by atoms with van der Waals surface area (Å²) in [6.45, 7) is 2.53. The summed E-state index contributed by atoms with van der Waals surface area (Å²) in [6.07, 6.45) is -3.54. The number of nitrogens with zero attached hydrogens (tertiary/aromatic N) is 3. The number of halogens is 3. The van der Waals surface area contributed by atoms with E-state index in [4.69, 9.17) is 9.26 Å². The molecule has 29 heavy (non-hydrogen) atoms. The van der Waals surface area contributed by atoms with Gasteiger partial charge in [0.25, 0.3) is 0 Å². The average Bonchev–Trinajstić information content (AvgIpc) is 3.16. The lowest BCUT2D eigenvalue weighted by atomic mass is 10.1. The molecule has 0 aliphatic rings. The third-order valence-electron chi connectivity index (χ3n) is 4.77. The highest BCUT2D eigenvalue weighted by atomic mass is 19.4. The number of methoxy groups -OCH3 is 1. The van der Waals surface area contributed by atoms with Crippen molar-refractivity contribution in [3.8, 4) is 17.1 Å². The van der Waals surface area contributed by atoms with Crippen LogP contribution in [-0.4, -0.2) is 35.2 Å². The van der Waals surface area contributed by atoms with Gasteiger partial charge in [-0.05, 0) is 50.2 Å². The molecule has 1 heterocycles.